The summed E-state index contributed by atoms with van der Waals surface area (Å²) in [5, 5.41) is 3.37. The molecule has 124 valence electrons. The van der Waals surface area contributed by atoms with Crippen LogP contribution in [0.25, 0.3) is 0 Å². The molecule has 3 heteroatoms. The summed E-state index contributed by atoms with van der Waals surface area (Å²) in [6, 6.07) is 14.3. The van der Waals surface area contributed by atoms with Crippen LogP contribution in [-0.2, 0) is 0 Å². The van der Waals surface area contributed by atoms with E-state index in [1.54, 1.807) is 0 Å². The van der Waals surface area contributed by atoms with Crippen LogP contribution in [0.2, 0.25) is 0 Å². The highest BCUT2D eigenvalue weighted by Crippen LogP contribution is 2.22. The van der Waals surface area contributed by atoms with Crippen LogP contribution < -0.4 is 14.8 Å². The second-order valence-corrected chi connectivity index (χ2v) is 6.23. The lowest BCUT2D eigenvalue weighted by Gasteiger charge is -2.13. The van der Waals surface area contributed by atoms with Crippen LogP contribution in [0.15, 0.2) is 42.5 Å². The maximum Gasteiger partial charge on any atom is 0.125 e. The first-order chi connectivity index (χ1) is 11.1. The van der Waals surface area contributed by atoms with Gasteiger partial charge in [-0.1, -0.05) is 32.0 Å². The second kappa shape index (κ2) is 8.47. The number of anilines is 1. The van der Waals surface area contributed by atoms with Gasteiger partial charge in [-0.3, -0.25) is 0 Å². The fourth-order valence-corrected chi connectivity index (χ4v) is 2.31. The fraction of sp³-hybridized carbons (Fsp3) is 0.400. The van der Waals surface area contributed by atoms with Crippen molar-refractivity contribution < 1.29 is 9.47 Å². The van der Waals surface area contributed by atoms with Crippen LogP contribution in [0.1, 0.15) is 25.0 Å². The van der Waals surface area contributed by atoms with Crippen LogP contribution in [0, 0.1) is 19.8 Å². The first kappa shape index (κ1) is 17.2. The molecule has 0 aliphatic heterocycles. The number of benzene rings is 2. The third-order valence-electron chi connectivity index (χ3n) is 3.52. The van der Waals surface area contributed by atoms with E-state index in [-0.39, 0.29) is 0 Å². The van der Waals surface area contributed by atoms with E-state index in [1.165, 1.54) is 11.1 Å². The van der Waals surface area contributed by atoms with Crippen molar-refractivity contribution in [3.05, 3.63) is 53.6 Å². The van der Waals surface area contributed by atoms with Gasteiger partial charge in [0.15, 0.2) is 0 Å². The van der Waals surface area contributed by atoms with E-state index in [0.717, 1.165) is 30.3 Å². The average molecular weight is 313 g/mol. The smallest absolute Gasteiger partial charge is 0.125 e. The Morgan fingerprint density at radius 2 is 1.57 bits per heavy atom. The zero-order valence-corrected chi connectivity index (χ0v) is 14.6. The number of aryl methyl sites for hydroxylation is 2. The molecule has 2 rings (SSSR count). The molecule has 2 aromatic rings. The Hall–Kier alpha value is -2.16. The molecule has 0 bridgehead atoms. The first-order valence-corrected chi connectivity index (χ1v) is 8.22. The molecule has 0 aliphatic carbocycles. The lowest BCUT2D eigenvalue weighted by Crippen LogP contribution is -2.12. The van der Waals surface area contributed by atoms with Crippen molar-refractivity contribution in [2.24, 2.45) is 5.92 Å². The molecule has 0 heterocycles. The van der Waals surface area contributed by atoms with E-state index in [4.69, 9.17) is 9.47 Å². The summed E-state index contributed by atoms with van der Waals surface area (Å²) >= 11 is 0. The molecule has 0 fully saturated rings. The minimum atomic E-state index is 0.537. The van der Waals surface area contributed by atoms with Gasteiger partial charge in [-0.15, -0.1) is 0 Å². The van der Waals surface area contributed by atoms with Crippen LogP contribution in [0.3, 0.4) is 0 Å². The molecule has 0 unspecified atom stereocenters. The molecular weight excluding hydrogens is 286 g/mol. The van der Waals surface area contributed by atoms with Crippen LogP contribution in [0.5, 0.6) is 11.5 Å². The van der Waals surface area contributed by atoms with Crippen LogP contribution >= 0.6 is 0 Å². The second-order valence-electron chi connectivity index (χ2n) is 6.23. The van der Waals surface area contributed by atoms with E-state index in [1.807, 2.05) is 24.3 Å². The van der Waals surface area contributed by atoms with Crippen molar-refractivity contribution in [3.63, 3.8) is 0 Å². The normalized spacial score (nSPS) is 10.7. The summed E-state index contributed by atoms with van der Waals surface area (Å²) in [4.78, 5) is 0. The van der Waals surface area contributed by atoms with Gasteiger partial charge in [0.05, 0.1) is 6.61 Å². The zero-order chi connectivity index (χ0) is 16.7. The van der Waals surface area contributed by atoms with E-state index < -0.39 is 0 Å². The molecule has 0 saturated carbocycles. The molecule has 0 amide bonds. The molecular formula is C20H27NO2. The van der Waals surface area contributed by atoms with Crippen LogP contribution in [0.4, 0.5) is 5.69 Å². The molecule has 0 atom stereocenters. The number of para-hydroxylation sites is 1. The predicted molar refractivity (Wildman–Crippen MR) is 96.7 cm³/mol. The van der Waals surface area contributed by atoms with E-state index in [2.05, 4.69) is 51.2 Å². The minimum absolute atomic E-state index is 0.537. The number of rotatable bonds is 8. The highest BCUT2D eigenvalue weighted by atomic mass is 16.5. The van der Waals surface area contributed by atoms with Crippen molar-refractivity contribution in [1.29, 1.82) is 0 Å². The fourth-order valence-electron chi connectivity index (χ4n) is 2.31. The number of hydrogen-bond acceptors (Lipinski definition) is 3. The number of ether oxygens (including phenoxy) is 2. The maximum atomic E-state index is 5.89. The Bertz CT molecular complexity index is 585. The molecule has 3 nitrogen and oxygen atoms in total. The molecule has 0 aromatic heterocycles. The van der Waals surface area contributed by atoms with Gasteiger partial charge in [0.2, 0.25) is 0 Å². The van der Waals surface area contributed by atoms with Gasteiger partial charge >= 0.3 is 0 Å². The number of nitrogens with one attached hydrogen (secondary N) is 1. The van der Waals surface area contributed by atoms with Gasteiger partial charge in [-0.2, -0.15) is 0 Å². The van der Waals surface area contributed by atoms with Crippen molar-refractivity contribution in [3.8, 4) is 11.5 Å². The molecule has 0 radical (unpaired) electrons. The maximum absolute atomic E-state index is 5.89. The highest BCUT2D eigenvalue weighted by molar-refractivity contribution is 5.46. The van der Waals surface area contributed by atoms with Gasteiger partial charge in [0.25, 0.3) is 0 Å². The van der Waals surface area contributed by atoms with Crippen LogP contribution in [-0.4, -0.2) is 19.8 Å². The van der Waals surface area contributed by atoms with E-state index >= 15 is 0 Å². The van der Waals surface area contributed by atoms with Gasteiger partial charge < -0.3 is 14.8 Å². The lowest BCUT2D eigenvalue weighted by molar-refractivity contribution is 0.271. The van der Waals surface area contributed by atoms with Gasteiger partial charge in [0, 0.05) is 12.2 Å². The number of hydrogen-bond donors (Lipinski definition) is 1. The standard InChI is InChI=1S/C20H27NO2/c1-15(2)14-23-19-10-8-18(9-11-19)21-12-13-22-20-16(3)6-5-7-17(20)4/h5-11,15,21H,12-14H2,1-4H3. The molecule has 1 N–H and O–H groups in total. The molecule has 0 aliphatic rings. The lowest BCUT2D eigenvalue weighted by atomic mass is 10.1. The Morgan fingerprint density at radius 1 is 0.913 bits per heavy atom. The topological polar surface area (TPSA) is 30.5 Å². The summed E-state index contributed by atoms with van der Waals surface area (Å²) in [5.74, 6) is 2.44. The summed E-state index contributed by atoms with van der Waals surface area (Å²) in [6.45, 7) is 10.6. The third-order valence-corrected chi connectivity index (χ3v) is 3.52. The van der Waals surface area contributed by atoms with Gasteiger partial charge in [0.1, 0.15) is 18.1 Å². The monoisotopic (exact) mass is 313 g/mol. The van der Waals surface area contributed by atoms with Crippen molar-refractivity contribution in [2.45, 2.75) is 27.7 Å². The molecule has 23 heavy (non-hydrogen) atoms. The molecule has 0 saturated heterocycles. The first-order valence-electron chi connectivity index (χ1n) is 8.22. The molecule has 0 spiro atoms. The average Bonchev–Trinajstić information content (AvgIpc) is 2.53. The summed E-state index contributed by atoms with van der Waals surface area (Å²) in [6.07, 6.45) is 0. The summed E-state index contributed by atoms with van der Waals surface area (Å²) in [5.41, 5.74) is 3.43. The van der Waals surface area contributed by atoms with E-state index in [9.17, 15) is 0 Å². The SMILES string of the molecule is Cc1cccc(C)c1OCCNc1ccc(OCC(C)C)cc1. The molecule has 2 aromatic carbocycles. The Labute approximate surface area is 139 Å². The van der Waals surface area contributed by atoms with E-state index in [0.29, 0.717) is 12.5 Å². The van der Waals surface area contributed by atoms with Gasteiger partial charge in [-0.25, -0.2) is 0 Å². The largest absolute Gasteiger partial charge is 0.493 e. The Kier molecular flexibility index (Phi) is 6.33. The van der Waals surface area contributed by atoms with Gasteiger partial charge in [-0.05, 0) is 55.2 Å². The summed E-state index contributed by atoms with van der Waals surface area (Å²) < 4.78 is 11.6. The predicted octanol–water partition coefficient (Wildman–Crippen LogP) is 4.83. The highest BCUT2D eigenvalue weighted by Gasteiger charge is 2.02. The minimum Gasteiger partial charge on any atom is -0.493 e. The summed E-state index contributed by atoms with van der Waals surface area (Å²) in [7, 11) is 0. The Balaban J connectivity index is 1.76. The third kappa shape index (κ3) is 5.51. The van der Waals surface area contributed by atoms with Crippen molar-refractivity contribution in [2.75, 3.05) is 25.1 Å². The zero-order valence-electron chi connectivity index (χ0n) is 14.6. The van der Waals surface area contributed by atoms with Crippen molar-refractivity contribution in [1.82, 2.24) is 0 Å². The van der Waals surface area contributed by atoms with Crippen molar-refractivity contribution >= 4 is 5.69 Å². The quantitative estimate of drug-likeness (QED) is 0.708. The Morgan fingerprint density at radius 3 is 2.17 bits per heavy atom.